The molecule has 0 spiro atoms. The summed E-state index contributed by atoms with van der Waals surface area (Å²) in [4.78, 5) is 11.3. The van der Waals surface area contributed by atoms with Gasteiger partial charge in [-0.1, -0.05) is 34.8 Å². The van der Waals surface area contributed by atoms with Crippen molar-refractivity contribution in [3.63, 3.8) is 0 Å². The zero-order valence-corrected chi connectivity index (χ0v) is 9.99. The van der Waals surface area contributed by atoms with Gasteiger partial charge in [0.2, 0.25) is 3.79 Å². The molecule has 4 nitrogen and oxygen atoms in total. The van der Waals surface area contributed by atoms with Gasteiger partial charge in [0, 0.05) is 0 Å². The molecule has 0 aliphatic heterocycles. The first-order valence-corrected chi connectivity index (χ1v) is 5.07. The topological polar surface area (TPSA) is 78.3 Å². The molecule has 0 bridgehead atoms. The molecule has 0 aromatic carbocycles. The standard InChI is InChI=1S/C7H13Cl3N2O2/c1-14-5(13)6(12,3-2-4-11)7(8,9)10/h2-4,11-12H2,1H3/t6-/m1/s1. The van der Waals surface area contributed by atoms with E-state index in [1.54, 1.807) is 0 Å². The molecule has 0 heterocycles. The lowest BCUT2D eigenvalue weighted by molar-refractivity contribution is -0.147. The lowest BCUT2D eigenvalue weighted by Crippen LogP contribution is -2.58. The quantitative estimate of drug-likeness (QED) is 0.585. The molecule has 0 radical (unpaired) electrons. The Morgan fingerprint density at radius 3 is 2.21 bits per heavy atom. The van der Waals surface area contributed by atoms with Crippen molar-refractivity contribution in [2.45, 2.75) is 22.2 Å². The molecule has 0 unspecified atom stereocenters. The highest BCUT2D eigenvalue weighted by Gasteiger charge is 2.51. The van der Waals surface area contributed by atoms with Crippen LogP contribution in [-0.2, 0) is 9.53 Å². The Kier molecular flexibility index (Phi) is 5.47. The van der Waals surface area contributed by atoms with Crippen LogP contribution in [0.2, 0.25) is 0 Å². The first-order chi connectivity index (χ1) is 6.29. The molecule has 0 aromatic rings. The molecule has 0 aliphatic rings. The number of alkyl halides is 3. The number of esters is 1. The summed E-state index contributed by atoms with van der Waals surface area (Å²) in [5.41, 5.74) is 9.33. The van der Waals surface area contributed by atoms with E-state index in [0.29, 0.717) is 13.0 Å². The molecule has 84 valence electrons. The van der Waals surface area contributed by atoms with Gasteiger partial charge in [-0.05, 0) is 19.4 Å². The van der Waals surface area contributed by atoms with E-state index < -0.39 is 15.3 Å². The van der Waals surface area contributed by atoms with Crippen molar-refractivity contribution in [2.24, 2.45) is 11.5 Å². The maximum absolute atomic E-state index is 11.3. The fourth-order valence-electron chi connectivity index (χ4n) is 0.923. The van der Waals surface area contributed by atoms with Crippen molar-refractivity contribution < 1.29 is 9.53 Å². The minimum Gasteiger partial charge on any atom is -0.468 e. The van der Waals surface area contributed by atoms with Gasteiger partial charge in [-0.15, -0.1) is 0 Å². The molecule has 0 saturated heterocycles. The van der Waals surface area contributed by atoms with Crippen LogP contribution in [0.5, 0.6) is 0 Å². The molecule has 14 heavy (non-hydrogen) atoms. The van der Waals surface area contributed by atoms with Gasteiger partial charge in [0.05, 0.1) is 7.11 Å². The number of nitrogens with two attached hydrogens (primary N) is 2. The zero-order chi connectivity index (χ0) is 11.4. The Balaban J connectivity index is 4.76. The number of rotatable bonds is 4. The molecule has 1 atom stereocenters. The summed E-state index contributed by atoms with van der Waals surface area (Å²) < 4.78 is 2.57. The lowest BCUT2D eigenvalue weighted by atomic mass is 9.96. The molecule has 0 rings (SSSR count). The van der Waals surface area contributed by atoms with Crippen molar-refractivity contribution in [1.29, 1.82) is 0 Å². The van der Waals surface area contributed by atoms with E-state index in [0.717, 1.165) is 0 Å². The van der Waals surface area contributed by atoms with Crippen molar-refractivity contribution in [3.05, 3.63) is 0 Å². The second-order valence-corrected chi connectivity index (χ2v) is 5.13. The minimum atomic E-state index is -1.91. The van der Waals surface area contributed by atoms with Crippen LogP contribution in [0, 0.1) is 0 Å². The predicted octanol–water partition coefficient (Wildman–Crippen LogP) is 0.966. The number of carbonyl (C=O) groups is 1. The molecule has 7 heteroatoms. The number of carbonyl (C=O) groups excluding carboxylic acids is 1. The van der Waals surface area contributed by atoms with E-state index in [2.05, 4.69) is 4.74 Å². The van der Waals surface area contributed by atoms with Crippen LogP contribution < -0.4 is 11.5 Å². The van der Waals surface area contributed by atoms with Crippen molar-refractivity contribution in [3.8, 4) is 0 Å². The fourth-order valence-corrected chi connectivity index (χ4v) is 1.44. The number of halogens is 3. The molecule has 0 aliphatic carbocycles. The van der Waals surface area contributed by atoms with Crippen LogP contribution in [0.1, 0.15) is 12.8 Å². The first-order valence-electron chi connectivity index (χ1n) is 3.93. The van der Waals surface area contributed by atoms with Gasteiger partial charge in [0.1, 0.15) is 0 Å². The Hall–Kier alpha value is 0.260. The van der Waals surface area contributed by atoms with Gasteiger partial charge in [0.25, 0.3) is 0 Å². The maximum atomic E-state index is 11.3. The third-order valence-corrected chi connectivity index (χ3v) is 2.84. The van der Waals surface area contributed by atoms with Gasteiger partial charge in [-0.25, -0.2) is 4.79 Å². The van der Waals surface area contributed by atoms with Crippen LogP contribution in [0.15, 0.2) is 0 Å². The Labute approximate surface area is 97.8 Å². The summed E-state index contributed by atoms with van der Waals surface area (Å²) in [6, 6.07) is 0. The van der Waals surface area contributed by atoms with E-state index >= 15 is 0 Å². The monoisotopic (exact) mass is 262 g/mol. The molecule has 0 fully saturated rings. The van der Waals surface area contributed by atoms with Gasteiger partial charge in [-0.2, -0.15) is 0 Å². The average molecular weight is 264 g/mol. The largest absolute Gasteiger partial charge is 0.468 e. The van der Waals surface area contributed by atoms with Crippen LogP contribution in [0.4, 0.5) is 0 Å². The van der Waals surface area contributed by atoms with Crippen LogP contribution in [-0.4, -0.2) is 29.0 Å². The van der Waals surface area contributed by atoms with Crippen LogP contribution >= 0.6 is 34.8 Å². The lowest BCUT2D eigenvalue weighted by Gasteiger charge is -2.32. The molecule has 0 saturated carbocycles. The van der Waals surface area contributed by atoms with Crippen molar-refractivity contribution >= 4 is 40.8 Å². The zero-order valence-electron chi connectivity index (χ0n) is 7.73. The second kappa shape index (κ2) is 5.37. The Bertz CT molecular complexity index is 208. The summed E-state index contributed by atoms with van der Waals surface area (Å²) in [5.74, 6) is -0.758. The van der Waals surface area contributed by atoms with E-state index in [-0.39, 0.29) is 6.42 Å². The van der Waals surface area contributed by atoms with Gasteiger partial charge < -0.3 is 16.2 Å². The SMILES string of the molecule is COC(=O)[C@](N)(CCCN)C(Cl)(Cl)Cl. The van der Waals surface area contributed by atoms with E-state index in [1.807, 2.05) is 0 Å². The molecular formula is C7H13Cl3N2O2. The molecule has 0 amide bonds. The highest BCUT2D eigenvalue weighted by Crippen LogP contribution is 2.39. The highest BCUT2D eigenvalue weighted by atomic mass is 35.6. The summed E-state index contributed by atoms with van der Waals surface area (Å²) in [6.45, 7) is 0.358. The van der Waals surface area contributed by atoms with E-state index in [4.69, 9.17) is 46.3 Å². The third-order valence-electron chi connectivity index (χ3n) is 1.83. The van der Waals surface area contributed by atoms with Gasteiger partial charge in [-0.3, -0.25) is 0 Å². The van der Waals surface area contributed by atoms with Crippen molar-refractivity contribution in [1.82, 2.24) is 0 Å². The number of hydrogen-bond donors (Lipinski definition) is 2. The van der Waals surface area contributed by atoms with E-state index in [9.17, 15) is 4.79 Å². The minimum absolute atomic E-state index is 0.159. The average Bonchev–Trinajstić information content (AvgIpc) is 2.10. The van der Waals surface area contributed by atoms with Crippen LogP contribution in [0.3, 0.4) is 0 Å². The first kappa shape index (κ1) is 14.3. The Morgan fingerprint density at radius 1 is 1.43 bits per heavy atom. The Morgan fingerprint density at radius 2 is 1.93 bits per heavy atom. The third kappa shape index (κ3) is 3.14. The number of hydrogen-bond acceptors (Lipinski definition) is 4. The summed E-state index contributed by atoms with van der Waals surface area (Å²) in [5, 5.41) is 0. The van der Waals surface area contributed by atoms with Crippen LogP contribution in [0.25, 0.3) is 0 Å². The van der Waals surface area contributed by atoms with Gasteiger partial charge in [0.15, 0.2) is 5.54 Å². The molecular weight excluding hydrogens is 250 g/mol. The van der Waals surface area contributed by atoms with Crippen molar-refractivity contribution in [2.75, 3.05) is 13.7 Å². The smallest absolute Gasteiger partial charge is 0.330 e. The second-order valence-electron chi connectivity index (χ2n) is 2.85. The summed E-state index contributed by atoms with van der Waals surface area (Å²) in [6.07, 6.45) is 0.631. The number of ether oxygens (including phenoxy) is 1. The van der Waals surface area contributed by atoms with Gasteiger partial charge >= 0.3 is 5.97 Å². The number of methoxy groups -OCH3 is 1. The predicted molar refractivity (Wildman–Crippen MR) is 57.5 cm³/mol. The molecule has 4 N–H and O–H groups in total. The summed E-state index contributed by atoms with van der Waals surface area (Å²) >= 11 is 16.8. The van der Waals surface area contributed by atoms with E-state index in [1.165, 1.54) is 7.11 Å². The normalized spacial score (nSPS) is 16.1. The summed E-state index contributed by atoms with van der Waals surface area (Å²) in [7, 11) is 1.18. The molecule has 0 aromatic heterocycles. The fraction of sp³-hybridized carbons (Fsp3) is 0.857. The maximum Gasteiger partial charge on any atom is 0.330 e. The highest BCUT2D eigenvalue weighted by molar-refractivity contribution is 6.69.